The molecule has 1 N–H and O–H groups in total. The summed E-state index contributed by atoms with van der Waals surface area (Å²) in [5.74, 6) is 1.21. The number of benzene rings is 1. The summed E-state index contributed by atoms with van der Waals surface area (Å²) in [6.45, 7) is -0.206. The summed E-state index contributed by atoms with van der Waals surface area (Å²) >= 11 is 5.72. The van der Waals surface area contributed by atoms with Crippen LogP contribution in [0.3, 0.4) is 0 Å². The van der Waals surface area contributed by atoms with Crippen LogP contribution in [0.25, 0.3) is 0 Å². The Labute approximate surface area is 98.3 Å². The van der Waals surface area contributed by atoms with E-state index in [1.165, 1.54) is 0 Å². The van der Waals surface area contributed by atoms with Crippen LogP contribution in [0, 0.1) is 0 Å². The van der Waals surface area contributed by atoms with E-state index in [0.717, 1.165) is 0 Å². The predicted octanol–water partition coefficient (Wildman–Crippen LogP) is 3.02. The summed E-state index contributed by atoms with van der Waals surface area (Å²) in [5, 5.41) is 9.46. The van der Waals surface area contributed by atoms with Crippen molar-refractivity contribution < 1.29 is 9.84 Å². The number of aromatic nitrogens is 1. The molecule has 0 aliphatic carbocycles. The Morgan fingerprint density at radius 2 is 1.88 bits per heavy atom. The fourth-order valence-electron chi connectivity index (χ4n) is 1.28. The van der Waals surface area contributed by atoms with Crippen LogP contribution in [0.5, 0.6) is 11.5 Å². The highest BCUT2D eigenvalue weighted by Crippen LogP contribution is 2.25. The second kappa shape index (κ2) is 4.96. The average molecular weight is 236 g/mol. The van der Waals surface area contributed by atoms with Crippen LogP contribution in [0.2, 0.25) is 5.15 Å². The smallest absolute Gasteiger partial charge is 0.151 e. The van der Waals surface area contributed by atoms with E-state index >= 15 is 0 Å². The van der Waals surface area contributed by atoms with Gasteiger partial charge in [-0.15, -0.1) is 0 Å². The Hall–Kier alpha value is -1.58. The van der Waals surface area contributed by atoms with Gasteiger partial charge in [0.1, 0.15) is 16.6 Å². The number of ether oxygens (including phenoxy) is 1. The number of hydrogen-bond acceptors (Lipinski definition) is 3. The number of halogens is 1. The Morgan fingerprint density at radius 3 is 2.56 bits per heavy atom. The van der Waals surface area contributed by atoms with Gasteiger partial charge in [0.15, 0.2) is 5.75 Å². The first-order valence-electron chi connectivity index (χ1n) is 4.79. The monoisotopic (exact) mass is 235 g/mol. The zero-order chi connectivity index (χ0) is 11.4. The van der Waals surface area contributed by atoms with E-state index in [4.69, 9.17) is 21.4 Å². The van der Waals surface area contributed by atoms with Crippen LogP contribution < -0.4 is 4.74 Å². The van der Waals surface area contributed by atoms with Crippen molar-refractivity contribution in [3.63, 3.8) is 0 Å². The van der Waals surface area contributed by atoms with Gasteiger partial charge in [-0.3, -0.25) is 0 Å². The number of para-hydroxylation sites is 1. The molecule has 0 fully saturated rings. The van der Waals surface area contributed by atoms with E-state index in [2.05, 4.69) is 4.98 Å². The third-order valence-corrected chi connectivity index (χ3v) is 2.23. The van der Waals surface area contributed by atoms with Crippen molar-refractivity contribution in [1.82, 2.24) is 4.98 Å². The number of hydrogen-bond donors (Lipinski definition) is 1. The minimum absolute atomic E-state index is 0.206. The van der Waals surface area contributed by atoms with Gasteiger partial charge in [-0.05, 0) is 24.3 Å². The van der Waals surface area contributed by atoms with Crippen molar-refractivity contribution in [2.45, 2.75) is 6.61 Å². The maximum Gasteiger partial charge on any atom is 0.151 e. The lowest BCUT2D eigenvalue weighted by molar-refractivity contribution is 0.271. The standard InChI is InChI=1S/C12H10ClNO2/c13-12-7-6-11(10(8-15)14-12)16-9-4-2-1-3-5-9/h1-7,15H,8H2. The van der Waals surface area contributed by atoms with Gasteiger partial charge in [0.2, 0.25) is 0 Å². The normalized spacial score (nSPS) is 10.1. The molecule has 16 heavy (non-hydrogen) atoms. The lowest BCUT2D eigenvalue weighted by Crippen LogP contribution is -1.95. The average Bonchev–Trinajstić information content (AvgIpc) is 2.33. The summed E-state index contributed by atoms with van der Waals surface area (Å²) in [7, 11) is 0. The van der Waals surface area contributed by atoms with Crippen molar-refractivity contribution in [3.8, 4) is 11.5 Å². The van der Waals surface area contributed by atoms with Gasteiger partial charge in [0.05, 0.1) is 6.61 Å². The van der Waals surface area contributed by atoms with Crippen LogP contribution in [-0.4, -0.2) is 10.1 Å². The van der Waals surface area contributed by atoms with E-state index in [-0.39, 0.29) is 6.61 Å². The molecule has 2 aromatic rings. The second-order valence-electron chi connectivity index (χ2n) is 3.15. The van der Waals surface area contributed by atoms with Crippen LogP contribution in [0.1, 0.15) is 5.69 Å². The molecule has 1 aromatic carbocycles. The first-order valence-corrected chi connectivity index (χ1v) is 5.16. The molecule has 0 atom stereocenters. The molecular weight excluding hydrogens is 226 g/mol. The Morgan fingerprint density at radius 1 is 1.12 bits per heavy atom. The van der Waals surface area contributed by atoms with Gasteiger partial charge < -0.3 is 9.84 Å². The molecule has 1 aromatic heterocycles. The fourth-order valence-corrected chi connectivity index (χ4v) is 1.45. The van der Waals surface area contributed by atoms with Gasteiger partial charge in [-0.2, -0.15) is 0 Å². The Bertz CT molecular complexity index is 474. The summed E-state index contributed by atoms with van der Waals surface area (Å²) in [4.78, 5) is 3.98. The lowest BCUT2D eigenvalue weighted by Gasteiger charge is -2.08. The predicted molar refractivity (Wildman–Crippen MR) is 61.7 cm³/mol. The van der Waals surface area contributed by atoms with Gasteiger partial charge in [0, 0.05) is 0 Å². The zero-order valence-electron chi connectivity index (χ0n) is 8.43. The summed E-state index contributed by atoms with van der Waals surface area (Å²) < 4.78 is 5.57. The molecular formula is C12H10ClNO2. The number of rotatable bonds is 3. The van der Waals surface area contributed by atoms with Crippen molar-refractivity contribution in [2.75, 3.05) is 0 Å². The largest absolute Gasteiger partial charge is 0.455 e. The van der Waals surface area contributed by atoms with E-state index < -0.39 is 0 Å². The maximum absolute atomic E-state index is 9.12. The molecule has 0 unspecified atom stereocenters. The van der Waals surface area contributed by atoms with Gasteiger partial charge in [-0.1, -0.05) is 29.8 Å². The van der Waals surface area contributed by atoms with Gasteiger partial charge >= 0.3 is 0 Å². The van der Waals surface area contributed by atoms with E-state index in [9.17, 15) is 0 Å². The van der Waals surface area contributed by atoms with Crippen LogP contribution in [0.15, 0.2) is 42.5 Å². The lowest BCUT2D eigenvalue weighted by atomic mass is 10.3. The minimum atomic E-state index is -0.206. The first-order chi connectivity index (χ1) is 7.79. The Kier molecular flexibility index (Phi) is 3.39. The third-order valence-electron chi connectivity index (χ3n) is 2.02. The molecule has 0 saturated heterocycles. The minimum Gasteiger partial charge on any atom is -0.455 e. The van der Waals surface area contributed by atoms with Gasteiger partial charge in [0.25, 0.3) is 0 Å². The number of pyridine rings is 1. The molecule has 1 heterocycles. The molecule has 0 aliphatic rings. The quantitative estimate of drug-likeness (QED) is 0.832. The van der Waals surface area contributed by atoms with Crippen LogP contribution in [-0.2, 0) is 6.61 Å². The molecule has 0 saturated carbocycles. The SMILES string of the molecule is OCc1nc(Cl)ccc1Oc1ccccc1. The number of aliphatic hydroxyl groups is 1. The third kappa shape index (κ3) is 2.51. The molecule has 4 heteroatoms. The molecule has 2 rings (SSSR count). The maximum atomic E-state index is 9.12. The molecule has 0 amide bonds. The Balaban J connectivity index is 2.28. The van der Waals surface area contributed by atoms with E-state index in [0.29, 0.717) is 22.3 Å². The van der Waals surface area contributed by atoms with Crippen molar-refractivity contribution in [1.29, 1.82) is 0 Å². The fraction of sp³-hybridized carbons (Fsp3) is 0.0833. The van der Waals surface area contributed by atoms with E-state index in [1.54, 1.807) is 12.1 Å². The molecule has 3 nitrogen and oxygen atoms in total. The van der Waals surface area contributed by atoms with Crippen molar-refractivity contribution in [3.05, 3.63) is 53.3 Å². The zero-order valence-corrected chi connectivity index (χ0v) is 9.19. The van der Waals surface area contributed by atoms with Gasteiger partial charge in [-0.25, -0.2) is 4.98 Å². The van der Waals surface area contributed by atoms with E-state index in [1.807, 2.05) is 30.3 Å². The molecule has 82 valence electrons. The topological polar surface area (TPSA) is 42.4 Å². The highest BCUT2D eigenvalue weighted by molar-refractivity contribution is 6.29. The second-order valence-corrected chi connectivity index (χ2v) is 3.54. The summed E-state index contributed by atoms with van der Waals surface area (Å²) in [6.07, 6.45) is 0. The van der Waals surface area contributed by atoms with Crippen LogP contribution in [0.4, 0.5) is 0 Å². The molecule has 0 aliphatic heterocycles. The summed E-state index contributed by atoms with van der Waals surface area (Å²) in [5.41, 5.74) is 0.427. The summed E-state index contributed by atoms with van der Waals surface area (Å²) in [6, 6.07) is 12.6. The highest BCUT2D eigenvalue weighted by Gasteiger charge is 2.06. The molecule has 0 radical (unpaired) electrons. The van der Waals surface area contributed by atoms with Crippen molar-refractivity contribution in [2.24, 2.45) is 0 Å². The number of aliphatic hydroxyl groups excluding tert-OH is 1. The first kappa shape index (κ1) is 10.9. The van der Waals surface area contributed by atoms with Crippen LogP contribution >= 0.6 is 11.6 Å². The number of nitrogens with zero attached hydrogens (tertiary/aromatic N) is 1. The molecule has 0 spiro atoms. The van der Waals surface area contributed by atoms with Crippen molar-refractivity contribution >= 4 is 11.6 Å². The highest BCUT2D eigenvalue weighted by atomic mass is 35.5. The molecule has 0 bridgehead atoms.